The second-order valence-electron chi connectivity index (χ2n) is 8.96. The molecule has 168 valence electrons. The highest BCUT2D eigenvalue weighted by atomic mass is 16.2. The number of aryl methyl sites for hydroxylation is 2. The van der Waals surface area contributed by atoms with Crippen LogP contribution < -0.4 is 0 Å². The van der Waals surface area contributed by atoms with Crippen LogP contribution in [-0.2, 0) is 13.1 Å². The Labute approximate surface area is 195 Å². The largest absolute Gasteiger partial charge is 0.336 e. The van der Waals surface area contributed by atoms with Crippen LogP contribution in [0.4, 0.5) is 0 Å². The predicted molar refractivity (Wildman–Crippen MR) is 132 cm³/mol. The minimum absolute atomic E-state index is 0.133. The molecular weight excluding hydrogens is 408 g/mol. The van der Waals surface area contributed by atoms with E-state index in [1.54, 1.807) is 0 Å². The number of fused-ring (bicyclic) bond motifs is 1. The van der Waals surface area contributed by atoms with Gasteiger partial charge in [-0.2, -0.15) is 0 Å². The Morgan fingerprint density at radius 1 is 0.818 bits per heavy atom. The summed E-state index contributed by atoms with van der Waals surface area (Å²) in [4.78, 5) is 22.3. The average molecular weight is 439 g/mol. The van der Waals surface area contributed by atoms with Gasteiger partial charge in [-0.15, -0.1) is 0 Å². The van der Waals surface area contributed by atoms with E-state index in [4.69, 9.17) is 4.98 Å². The summed E-state index contributed by atoms with van der Waals surface area (Å²) >= 11 is 0. The molecule has 0 unspecified atom stereocenters. The maximum Gasteiger partial charge on any atom is 0.253 e. The molecule has 2 heterocycles. The van der Waals surface area contributed by atoms with Crippen LogP contribution in [0.1, 0.15) is 32.9 Å². The molecule has 1 aliphatic rings. The molecule has 0 aliphatic carbocycles. The fraction of sp³-hybridized carbons (Fsp3) is 0.286. The number of rotatable bonds is 5. The lowest BCUT2D eigenvalue weighted by Crippen LogP contribution is -2.48. The van der Waals surface area contributed by atoms with E-state index in [1.807, 2.05) is 29.2 Å². The smallest absolute Gasteiger partial charge is 0.253 e. The van der Waals surface area contributed by atoms with Gasteiger partial charge >= 0.3 is 0 Å². The number of imidazole rings is 1. The Bertz CT molecular complexity index is 1270. The zero-order chi connectivity index (χ0) is 22.8. The first-order valence-electron chi connectivity index (χ1n) is 11.7. The molecule has 0 radical (unpaired) electrons. The van der Waals surface area contributed by atoms with Crippen molar-refractivity contribution in [3.05, 3.63) is 101 Å². The number of carbonyl (C=O) groups excluding carboxylic acids is 1. The Morgan fingerprint density at radius 2 is 1.55 bits per heavy atom. The zero-order valence-corrected chi connectivity index (χ0v) is 19.4. The second-order valence-corrected chi connectivity index (χ2v) is 8.96. The molecule has 0 atom stereocenters. The highest BCUT2D eigenvalue weighted by Crippen LogP contribution is 2.20. The van der Waals surface area contributed by atoms with E-state index in [2.05, 4.69) is 71.8 Å². The molecular formula is C28H30N4O. The molecule has 0 N–H and O–H groups in total. The third-order valence-corrected chi connectivity index (χ3v) is 6.70. The molecule has 5 nitrogen and oxygen atoms in total. The van der Waals surface area contributed by atoms with Gasteiger partial charge in [0.15, 0.2) is 0 Å². The van der Waals surface area contributed by atoms with Crippen molar-refractivity contribution in [2.75, 3.05) is 26.2 Å². The lowest BCUT2D eigenvalue weighted by atomic mass is 10.1. The van der Waals surface area contributed by atoms with E-state index >= 15 is 0 Å². The van der Waals surface area contributed by atoms with Crippen molar-refractivity contribution in [2.45, 2.75) is 26.9 Å². The zero-order valence-electron chi connectivity index (χ0n) is 19.4. The highest BCUT2D eigenvalue weighted by molar-refractivity contribution is 5.94. The topological polar surface area (TPSA) is 41.4 Å². The Balaban J connectivity index is 1.29. The molecule has 1 aliphatic heterocycles. The van der Waals surface area contributed by atoms with Crippen molar-refractivity contribution < 1.29 is 4.79 Å². The average Bonchev–Trinajstić information content (AvgIpc) is 3.18. The maximum atomic E-state index is 13.0. The number of hydrogen-bond donors (Lipinski definition) is 0. The molecule has 3 aromatic carbocycles. The minimum Gasteiger partial charge on any atom is -0.336 e. The van der Waals surface area contributed by atoms with Crippen LogP contribution in [0.5, 0.6) is 0 Å². The van der Waals surface area contributed by atoms with Crippen molar-refractivity contribution in [3.63, 3.8) is 0 Å². The summed E-state index contributed by atoms with van der Waals surface area (Å²) in [5.41, 5.74) is 6.64. The van der Waals surface area contributed by atoms with Gasteiger partial charge in [0.05, 0.1) is 17.6 Å². The maximum absolute atomic E-state index is 13.0. The number of para-hydroxylation sites is 2. The number of nitrogens with zero attached hydrogens (tertiary/aromatic N) is 4. The lowest BCUT2D eigenvalue weighted by Gasteiger charge is -2.34. The van der Waals surface area contributed by atoms with Gasteiger partial charge in [-0.05, 0) is 54.8 Å². The predicted octanol–water partition coefficient (Wildman–Crippen LogP) is 4.66. The van der Waals surface area contributed by atoms with Gasteiger partial charge in [0.2, 0.25) is 0 Å². The fourth-order valence-corrected chi connectivity index (χ4v) is 4.55. The number of carbonyl (C=O) groups is 1. The van der Waals surface area contributed by atoms with E-state index in [0.717, 1.165) is 61.7 Å². The van der Waals surface area contributed by atoms with Gasteiger partial charge in [-0.25, -0.2) is 4.98 Å². The first kappa shape index (κ1) is 21.4. The summed E-state index contributed by atoms with van der Waals surface area (Å²) in [6.07, 6.45) is 0. The second kappa shape index (κ2) is 9.20. The van der Waals surface area contributed by atoms with E-state index in [0.29, 0.717) is 0 Å². The van der Waals surface area contributed by atoms with Gasteiger partial charge in [0.25, 0.3) is 5.91 Å². The van der Waals surface area contributed by atoms with Crippen molar-refractivity contribution in [1.29, 1.82) is 0 Å². The third-order valence-electron chi connectivity index (χ3n) is 6.70. The SMILES string of the molecule is Cc1ccc(C(=O)N2CCN(Cc3nc4ccccc4n3Cc3ccccc3)CC2)cc1C. The molecule has 0 bridgehead atoms. The summed E-state index contributed by atoms with van der Waals surface area (Å²) in [5, 5.41) is 0. The molecule has 1 aromatic heterocycles. The molecule has 4 aromatic rings. The van der Waals surface area contributed by atoms with E-state index in [9.17, 15) is 4.79 Å². The number of amides is 1. The first-order chi connectivity index (χ1) is 16.1. The third kappa shape index (κ3) is 4.55. The Hall–Kier alpha value is -3.44. The summed E-state index contributed by atoms with van der Waals surface area (Å²) in [5.74, 6) is 1.21. The van der Waals surface area contributed by atoms with Crippen molar-refractivity contribution in [3.8, 4) is 0 Å². The van der Waals surface area contributed by atoms with Crippen LogP contribution in [0.15, 0.2) is 72.8 Å². The monoisotopic (exact) mass is 438 g/mol. The fourth-order valence-electron chi connectivity index (χ4n) is 4.55. The van der Waals surface area contributed by atoms with Crippen molar-refractivity contribution in [1.82, 2.24) is 19.4 Å². The van der Waals surface area contributed by atoms with Gasteiger partial charge in [0, 0.05) is 38.3 Å². The van der Waals surface area contributed by atoms with Crippen LogP contribution >= 0.6 is 0 Å². The van der Waals surface area contributed by atoms with Crippen LogP contribution in [0.3, 0.4) is 0 Å². The standard InChI is InChI=1S/C28H30N4O/c1-21-12-13-24(18-22(21)2)28(33)31-16-14-30(15-17-31)20-27-29-25-10-6-7-11-26(25)32(27)19-23-8-4-3-5-9-23/h3-13,18H,14-17,19-20H2,1-2H3. The quantitative estimate of drug-likeness (QED) is 0.455. The molecule has 0 saturated carbocycles. The number of aromatic nitrogens is 2. The molecule has 0 spiro atoms. The van der Waals surface area contributed by atoms with Gasteiger partial charge in [0.1, 0.15) is 5.82 Å². The minimum atomic E-state index is 0.133. The summed E-state index contributed by atoms with van der Waals surface area (Å²) in [6, 6.07) is 24.9. The molecule has 1 amide bonds. The molecule has 1 saturated heterocycles. The molecule has 1 fully saturated rings. The van der Waals surface area contributed by atoms with Gasteiger partial charge in [-0.3, -0.25) is 9.69 Å². The van der Waals surface area contributed by atoms with Crippen molar-refractivity contribution >= 4 is 16.9 Å². The van der Waals surface area contributed by atoms with E-state index in [-0.39, 0.29) is 5.91 Å². The summed E-state index contributed by atoms with van der Waals surface area (Å²) in [6.45, 7) is 8.92. The Morgan fingerprint density at radius 3 is 2.30 bits per heavy atom. The van der Waals surface area contributed by atoms with E-state index in [1.165, 1.54) is 16.6 Å². The van der Waals surface area contributed by atoms with Crippen LogP contribution in [0, 0.1) is 13.8 Å². The van der Waals surface area contributed by atoms with Crippen LogP contribution in [0.25, 0.3) is 11.0 Å². The van der Waals surface area contributed by atoms with Crippen LogP contribution in [-0.4, -0.2) is 51.4 Å². The van der Waals surface area contributed by atoms with Crippen molar-refractivity contribution in [2.24, 2.45) is 0 Å². The van der Waals surface area contributed by atoms with Gasteiger partial charge in [-0.1, -0.05) is 48.5 Å². The summed E-state index contributed by atoms with van der Waals surface area (Å²) in [7, 11) is 0. The van der Waals surface area contributed by atoms with Crippen LogP contribution in [0.2, 0.25) is 0 Å². The lowest BCUT2D eigenvalue weighted by molar-refractivity contribution is 0.0624. The number of benzene rings is 3. The first-order valence-corrected chi connectivity index (χ1v) is 11.7. The van der Waals surface area contributed by atoms with Gasteiger partial charge < -0.3 is 9.47 Å². The molecule has 33 heavy (non-hydrogen) atoms. The Kier molecular flexibility index (Phi) is 5.97. The number of hydrogen-bond acceptors (Lipinski definition) is 3. The normalized spacial score (nSPS) is 14.7. The summed E-state index contributed by atoms with van der Waals surface area (Å²) < 4.78 is 2.33. The number of piperazine rings is 1. The molecule has 5 rings (SSSR count). The molecule has 5 heteroatoms. The highest BCUT2D eigenvalue weighted by Gasteiger charge is 2.24. The van der Waals surface area contributed by atoms with E-state index < -0.39 is 0 Å².